The van der Waals surface area contributed by atoms with E-state index in [0.29, 0.717) is 18.5 Å². The highest BCUT2D eigenvalue weighted by atomic mass is 19.1. The quantitative estimate of drug-likeness (QED) is 0.592. The van der Waals surface area contributed by atoms with Gasteiger partial charge in [0, 0.05) is 24.3 Å². The first-order chi connectivity index (χ1) is 7.66. The van der Waals surface area contributed by atoms with Crippen LogP contribution < -0.4 is 10.6 Å². The van der Waals surface area contributed by atoms with E-state index in [9.17, 15) is 4.39 Å². The summed E-state index contributed by atoms with van der Waals surface area (Å²) in [5, 5.41) is 7.29. The molecule has 0 aromatic heterocycles. The minimum absolute atomic E-state index is 0.0635. The Morgan fingerprint density at radius 1 is 1.38 bits per heavy atom. The van der Waals surface area contributed by atoms with Gasteiger partial charge in [-0.1, -0.05) is 0 Å². The highest BCUT2D eigenvalue weighted by Gasteiger charge is 2.19. The van der Waals surface area contributed by atoms with E-state index in [1.165, 1.54) is 0 Å². The summed E-state index contributed by atoms with van der Waals surface area (Å²) in [6.07, 6.45) is 0.846. The van der Waals surface area contributed by atoms with Crippen LogP contribution in [-0.2, 0) is 0 Å². The van der Waals surface area contributed by atoms with Crippen LogP contribution in [0.3, 0.4) is 0 Å². The first kappa shape index (κ1) is 10.9. The van der Waals surface area contributed by atoms with Gasteiger partial charge in [0.25, 0.3) is 0 Å². The lowest BCUT2D eigenvalue weighted by Gasteiger charge is -2.31. The molecule has 1 saturated heterocycles. The Kier molecular flexibility index (Phi) is 3.08. The van der Waals surface area contributed by atoms with Gasteiger partial charge in [0.2, 0.25) is 0 Å². The number of halogens is 1. The molecule has 3 N–H and O–H groups in total. The molecule has 0 spiro atoms. The molecule has 1 aliphatic heterocycles. The Hall–Kier alpha value is -1.58. The molecule has 0 radical (unpaired) electrons. The average molecular weight is 221 g/mol. The third-order valence-electron chi connectivity index (χ3n) is 2.91. The number of nitrogens with two attached hydrogens (primary N) is 1. The van der Waals surface area contributed by atoms with Crippen molar-refractivity contribution < 1.29 is 4.39 Å². The van der Waals surface area contributed by atoms with Gasteiger partial charge < -0.3 is 10.6 Å². The Morgan fingerprint density at radius 3 is 2.62 bits per heavy atom. The van der Waals surface area contributed by atoms with E-state index in [4.69, 9.17) is 11.1 Å². The summed E-state index contributed by atoms with van der Waals surface area (Å²) in [5.41, 5.74) is 7.09. The molecular weight excluding hydrogens is 205 g/mol. The standard InChI is InChI=1S/C12H16FN3/c13-10-2-1-7-16(8-10)11-5-3-9(4-6-11)12(14)15/h3-6,10H,1-2,7-8H2,(H3,14,15). The maximum Gasteiger partial charge on any atom is 0.122 e. The molecule has 16 heavy (non-hydrogen) atoms. The van der Waals surface area contributed by atoms with Gasteiger partial charge in [-0.15, -0.1) is 0 Å². The minimum atomic E-state index is -0.721. The third-order valence-corrected chi connectivity index (χ3v) is 2.91. The molecule has 1 heterocycles. The largest absolute Gasteiger partial charge is 0.384 e. The summed E-state index contributed by atoms with van der Waals surface area (Å²) in [5.74, 6) is 0.0635. The van der Waals surface area contributed by atoms with Gasteiger partial charge >= 0.3 is 0 Å². The molecule has 1 aliphatic rings. The van der Waals surface area contributed by atoms with Crippen molar-refractivity contribution in [3.8, 4) is 0 Å². The molecule has 86 valence electrons. The summed E-state index contributed by atoms with van der Waals surface area (Å²) < 4.78 is 13.2. The van der Waals surface area contributed by atoms with Crippen LogP contribution in [0.4, 0.5) is 10.1 Å². The highest BCUT2D eigenvalue weighted by molar-refractivity contribution is 5.95. The maximum atomic E-state index is 13.2. The third kappa shape index (κ3) is 2.32. The van der Waals surface area contributed by atoms with Gasteiger partial charge in [-0.3, -0.25) is 5.41 Å². The van der Waals surface area contributed by atoms with E-state index >= 15 is 0 Å². The molecule has 0 bridgehead atoms. The molecule has 2 rings (SSSR count). The molecule has 0 amide bonds. The van der Waals surface area contributed by atoms with Crippen LogP contribution in [0.25, 0.3) is 0 Å². The number of anilines is 1. The van der Waals surface area contributed by atoms with Crippen molar-refractivity contribution >= 4 is 11.5 Å². The number of nitrogen functional groups attached to an aromatic ring is 1. The van der Waals surface area contributed by atoms with E-state index in [1.807, 2.05) is 17.0 Å². The highest BCUT2D eigenvalue weighted by Crippen LogP contribution is 2.21. The normalized spacial score (nSPS) is 20.8. The Labute approximate surface area is 94.6 Å². The first-order valence-corrected chi connectivity index (χ1v) is 5.50. The van der Waals surface area contributed by atoms with Gasteiger partial charge in [-0.2, -0.15) is 0 Å². The van der Waals surface area contributed by atoms with Crippen molar-refractivity contribution in [2.45, 2.75) is 19.0 Å². The second-order valence-corrected chi connectivity index (χ2v) is 4.15. The van der Waals surface area contributed by atoms with Crippen molar-refractivity contribution in [3.05, 3.63) is 29.8 Å². The SMILES string of the molecule is N=C(N)c1ccc(N2CCCC(F)C2)cc1. The van der Waals surface area contributed by atoms with Gasteiger partial charge in [-0.05, 0) is 37.1 Å². The lowest BCUT2D eigenvalue weighted by Crippen LogP contribution is -2.36. The van der Waals surface area contributed by atoms with Crippen LogP contribution in [0.2, 0.25) is 0 Å². The van der Waals surface area contributed by atoms with E-state index in [2.05, 4.69) is 0 Å². The second kappa shape index (κ2) is 4.51. The Balaban J connectivity index is 2.11. The number of piperidine rings is 1. The fourth-order valence-corrected chi connectivity index (χ4v) is 2.01. The molecule has 1 aromatic carbocycles. The van der Waals surface area contributed by atoms with Crippen molar-refractivity contribution in [1.29, 1.82) is 5.41 Å². The predicted molar refractivity (Wildman–Crippen MR) is 63.8 cm³/mol. The molecule has 1 atom stereocenters. The molecule has 1 fully saturated rings. The fraction of sp³-hybridized carbons (Fsp3) is 0.417. The van der Waals surface area contributed by atoms with Gasteiger partial charge in [-0.25, -0.2) is 4.39 Å². The zero-order valence-corrected chi connectivity index (χ0v) is 9.12. The lowest BCUT2D eigenvalue weighted by atomic mass is 10.1. The van der Waals surface area contributed by atoms with Gasteiger partial charge in [0.05, 0.1) is 0 Å². The topological polar surface area (TPSA) is 53.1 Å². The molecule has 0 aliphatic carbocycles. The summed E-state index contributed by atoms with van der Waals surface area (Å²) in [6, 6.07) is 7.41. The van der Waals surface area contributed by atoms with Crippen LogP contribution in [0, 0.1) is 5.41 Å². The summed E-state index contributed by atoms with van der Waals surface area (Å²) in [6.45, 7) is 1.37. The maximum absolute atomic E-state index is 13.2. The number of hydrogen-bond acceptors (Lipinski definition) is 2. The summed E-state index contributed by atoms with van der Waals surface area (Å²) in [4.78, 5) is 2.04. The van der Waals surface area contributed by atoms with Crippen molar-refractivity contribution in [2.75, 3.05) is 18.0 Å². The van der Waals surface area contributed by atoms with Crippen molar-refractivity contribution in [3.63, 3.8) is 0 Å². The lowest BCUT2D eigenvalue weighted by molar-refractivity contribution is 0.287. The zero-order chi connectivity index (χ0) is 11.5. The Morgan fingerprint density at radius 2 is 2.06 bits per heavy atom. The predicted octanol–water partition coefficient (Wildman–Crippen LogP) is 1.91. The number of hydrogen-bond donors (Lipinski definition) is 2. The zero-order valence-electron chi connectivity index (χ0n) is 9.12. The van der Waals surface area contributed by atoms with E-state index < -0.39 is 6.17 Å². The molecular formula is C12H16FN3. The summed E-state index contributed by atoms with van der Waals surface area (Å²) >= 11 is 0. The first-order valence-electron chi connectivity index (χ1n) is 5.50. The number of benzene rings is 1. The molecule has 1 aromatic rings. The van der Waals surface area contributed by atoms with E-state index in [-0.39, 0.29) is 5.84 Å². The fourth-order valence-electron chi connectivity index (χ4n) is 2.01. The Bertz CT molecular complexity index is 374. The van der Waals surface area contributed by atoms with Crippen LogP contribution in [0.1, 0.15) is 18.4 Å². The number of alkyl halides is 1. The van der Waals surface area contributed by atoms with Gasteiger partial charge in [0.15, 0.2) is 0 Å². The number of nitrogens with zero attached hydrogens (tertiary/aromatic N) is 1. The molecule has 1 unspecified atom stereocenters. The molecule has 3 nitrogen and oxygen atoms in total. The number of amidine groups is 1. The number of rotatable bonds is 2. The molecule has 4 heteroatoms. The van der Waals surface area contributed by atoms with Crippen molar-refractivity contribution in [2.24, 2.45) is 5.73 Å². The van der Waals surface area contributed by atoms with Crippen LogP contribution in [0.5, 0.6) is 0 Å². The van der Waals surface area contributed by atoms with Crippen LogP contribution in [0.15, 0.2) is 24.3 Å². The second-order valence-electron chi connectivity index (χ2n) is 4.15. The average Bonchev–Trinajstić information content (AvgIpc) is 2.29. The smallest absolute Gasteiger partial charge is 0.122 e. The minimum Gasteiger partial charge on any atom is -0.384 e. The van der Waals surface area contributed by atoms with Crippen LogP contribution >= 0.6 is 0 Å². The van der Waals surface area contributed by atoms with Crippen LogP contribution in [-0.4, -0.2) is 25.1 Å². The van der Waals surface area contributed by atoms with Crippen molar-refractivity contribution in [1.82, 2.24) is 0 Å². The molecule has 0 saturated carbocycles. The van der Waals surface area contributed by atoms with E-state index in [1.54, 1.807) is 12.1 Å². The van der Waals surface area contributed by atoms with E-state index in [0.717, 1.165) is 18.7 Å². The van der Waals surface area contributed by atoms with Gasteiger partial charge in [0.1, 0.15) is 12.0 Å². The number of nitrogens with one attached hydrogen (secondary N) is 1. The summed E-state index contributed by atoms with van der Waals surface area (Å²) in [7, 11) is 0. The monoisotopic (exact) mass is 221 g/mol.